The van der Waals surface area contributed by atoms with Crippen molar-refractivity contribution in [3.8, 4) is 0 Å². The van der Waals surface area contributed by atoms with Crippen LogP contribution in [0.5, 0.6) is 0 Å². The van der Waals surface area contributed by atoms with Crippen LogP contribution in [0.1, 0.15) is 79.1 Å². The highest BCUT2D eigenvalue weighted by molar-refractivity contribution is 8.67. The van der Waals surface area contributed by atoms with E-state index < -0.39 is 40.8 Å². The zero-order valence-corrected chi connectivity index (χ0v) is 18.8. The Morgan fingerprint density at radius 2 is 0.750 bits per heavy atom. The molecule has 0 aliphatic rings. The Balaban J connectivity index is 3.40. The summed E-state index contributed by atoms with van der Waals surface area (Å²) in [5.74, 6) is 1.09. The summed E-state index contributed by atoms with van der Waals surface area (Å²) in [5, 5.41) is -0.0590. The minimum atomic E-state index is -1.21. The van der Waals surface area contributed by atoms with Crippen LogP contribution < -0.4 is 0 Å². The molecule has 4 nitrogen and oxygen atoms in total. The molecule has 24 heavy (non-hydrogen) atoms. The third-order valence-electron chi connectivity index (χ3n) is 3.51. The molecular formula is C16H34O4S4. The Morgan fingerprint density at radius 1 is 0.500 bits per heavy atom. The second-order valence-electron chi connectivity index (χ2n) is 6.46. The Morgan fingerprint density at radius 3 is 1.00 bits per heavy atom. The van der Waals surface area contributed by atoms with Crippen molar-refractivity contribution < 1.29 is 18.2 Å². The number of hydrogen-bond donors (Lipinski definition) is 0. The highest BCUT2D eigenvalue weighted by atomic mass is 33.2. The Hall–Kier alpha value is 1.24. The molecule has 0 N–H and O–H groups in total. The minimum absolute atomic E-state index is 0.0295. The van der Waals surface area contributed by atoms with E-state index in [1.807, 2.05) is 27.7 Å². The van der Waals surface area contributed by atoms with Crippen molar-refractivity contribution >= 4 is 40.8 Å². The molecule has 0 bridgehead atoms. The van der Waals surface area contributed by atoms with Gasteiger partial charge in [0.05, 0.1) is 0 Å². The number of unbranched alkanes of at least 4 members (excludes halogenated alkanes) is 7. The molecule has 0 heterocycles. The van der Waals surface area contributed by atoms with Crippen LogP contribution in [0.25, 0.3) is 0 Å². The van der Waals surface area contributed by atoms with Crippen molar-refractivity contribution in [3.63, 3.8) is 0 Å². The van der Waals surface area contributed by atoms with Crippen LogP contribution in [-0.4, -0.2) is 40.2 Å². The first-order valence-electron chi connectivity index (χ1n) is 8.86. The lowest BCUT2D eigenvalue weighted by atomic mass is 10.1. The summed E-state index contributed by atoms with van der Waals surface area (Å²) in [6.07, 6.45) is 8.39. The van der Waals surface area contributed by atoms with Crippen LogP contribution >= 0.6 is 0 Å². The van der Waals surface area contributed by atoms with Crippen LogP contribution in [-0.2, 0) is 40.8 Å². The minimum Gasteiger partial charge on any atom is -0.571 e. The van der Waals surface area contributed by atoms with Gasteiger partial charge in [-0.2, -0.15) is 0 Å². The smallest absolute Gasteiger partial charge is 0.173 e. The van der Waals surface area contributed by atoms with E-state index in [4.69, 9.17) is 0 Å². The van der Waals surface area contributed by atoms with E-state index in [9.17, 15) is 18.2 Å². The van der Waals surface area contributed by atoms with Crippen molar-refractivity contribution in [2.75, 3.05) is 11.5 Å². The van der Waals surface area contributed by atoms with Gasteiger partial charge in [0.15, 0.2) is 62.8 Å². The Labute approximate surface area is 159 Å². The zero-order chi connectivity index (χ0) is 18.5. The maximum Gasteiger partial charge on any atom is 0.173 e. The summed E-state index contributed by atoms with van der Waals surface area (Å²) >= 11 is 0. The molecule has 0 aromatic carbocycles. The van der Waals surface area contributed by atoms with E-state index in [-0.39, 0.29) is 10.5 Å². The molecule has 0 spiro atoms. The normalized spacial score (nSPS) is 17.2. The van der Waals surface area contributed by atoms with Crippen molar-refractivity contribution in [2.45, 2.75) is 89.6 Å². The fourth-order valence-corrected chi connectivity index (χ4v) is 8.43. The van der Waals surface area contributed by atoms with Crippen molar-refractivity contribution in [2.24, 2.45) is 0 Å². The predicted molar refractivity (Wildman–Crippen MR) is 110 cm³/mol. The van der Waals surface area contributed by atoms with Gasteiger partial charge < -0.3 is 18.2 Å². The van der Waals surface area contributed by atoms with Gasteiger partial charge in [0.1, 0.15) is 0 Å². The first-order chi connectivity index (χ1) is 11.3. The highest BCUT2D eigenvalue weighted by Gasteiger charge is 2.28. The molecule has 0 aliphatic heterocycles. The van der Waals surface area contributed by atoms with E-state index in [1.54, 1.807) is 0 Å². The maximum absolute atomic E-state index is 11.7. The van der Waals surface area contributed by atoms with Gasteiger partial charge >= 0.3 is 0 Å². The van der Waals surface area contributed by atoms with Gasteiger partial charge in [-0.25, -0.2) is 0 Å². The quantitative estimate of drug-likeness (QED) is 0.230. The van der Waals surface area contributed by atoms with Crippen LogP contribution in [0, 0.1) is 0 Å². The SMILES string of the molecule is CC(C)[S+]([O-])[S+]([O-])CCCCCCCCCC[S+]([O-])[S+]([O-])C(C)C. The van der Waals surface area contributed by atoms with Gasteiger partial charge in [-0.3, -0.25) is 0 Å². The van der Waals surface area contributed by atoms with E-state index in [0.29, 0.717) is 11.5 Å². The molecule has 8 heteroatoms. The van der Waals surface area contributed by atoms with Crippen molar-refractivity contribution in [3.05, 3.63) is 0 Å². The standard InChI is InChI=1S/C16H34O4S4/c1-15(2)23(19)21(17)13-11-9-7-5-6-8-10-12-14-22(18)24(20)16(3)4/h15-16H,5-14H2,1-4H3. The summed E-state index contributed by atoms with van der Waals surface area (Å²) < 4.78 is 46.6. The van der Waals surface area contributed by atoms with Gasteiger partial charge in [0, 0.05) is 0 Å². The van der Waals surface area contributed by atoms with E-state index >= 15 is 0 Å². The van der Waals surface area contributed by atoms with Crippen molar-refractivity contribution in [1.29, 1.82) is 0 Å². The first kappa shape index (κ1) is 25.2. The lowest BCUT2D eigenvalue weighted by Gasteiger charge is -2.15. The highest BCUT2D eigenvalue weighted by Crippen LogP contribution is 2.16. The second-order valence-corrected chi connectivity index (χ2v) is 15.6. The summed E-state index contributed by atoms with van der Waals surface area (Å²) in [7, 11) is -4.83. The topological polar surface area (TPSA) is 92.2 Å². The summed E-state index contributed by atoms with van der Waals surface area (Å²) in [6, 6.07) is 0. The lowest BCUT2D eigenvalue weighted by Crippen LogP contribution is -2.26. The van der Waals surface area contributed by atoms with Gasteiger partial charge in [-0.05, 0) is 53.4 Å². The Bertz CT molecular complexity index is 267. The molecule has 0 saturated heterocycles. The molecule has 146 valence electrons. The fourth-order valence-electron chi connectivity index (χ4n) is 2.09. The predicted octanol–water partition coefficient (Wildman–Crippen LogP) is 3.75. The lowest BCUT2D eigenvalue weighted by molar-refractivity contribution is 0.563. The molecule has 0 aromatic rings. The van der Waals surface area contributed by atoms with Gasteiger partial charge in [-0.15, -0.1) is 0 Å². The molecule has 0 fully saturated rings. The third kappa shape index (κ3) is 12.6. The largest absolute Gasteiger partial charge is 0.571 e. The molecule has 0 radical (unpaired) electrons. The van der Waals surface area contributed by atoms with E-state index in [1.165, 1.54) is 0 Å². The molecule has 0 rings (SSSR count). The van der Waals surface area contributed by atoms with Gasteiger partial charge in [0.25, 0.3) is 0 Å². The maximum atomic E-state index is 11.7. The zero-order valence-electron chi connectivity index (χ0n) is 15.5. The molecular weight excluding hydrogens is 384 g/mol. The average Bonchev–Trinajstić information content (AvgIpc) is 2.54. The third-order valence-corrected chi connectivity index (χ3v) is 12.5. The average molecular weight is 419 g/mol. The number of hydrogen-bond acceptors (Lipinski definition) is 4. The van der Waals surface area contributed by atoms with Crippen molar-refractivity contribution in [1.82, 2.24) is 0 Å². The van der Waals surface area contributed by atoms with Crippen LogP contribution in [0.4, 0.5) is 0 Å². The second kappa shape index (κ2) is 15.3. The Kier molecular flexibility index (Phi) is 16.1. The summed E-state index contributed by atoms with van der Waals surface area (Å²) in [6.45, 7) is 7.35. The van der Waals surface area contributed by atoms with Gasteiger partial charge in [-0.1, -0.05) is 25.7 Å². The fraction of sp³-hybridized carbons (Fsp3) is 1.00. The molecule has 0 aliphatic carbocycles. The molecule has 4 unspecified atom stereocenters. The molecule has 0 saturated carbocycles. The van der Waals surface area contributed by atoms with E-state index in [0.717, 1.165) is 51.4 Å². The molecule has 0 amide bonds. The first-order valence-corrected chi connectivity index (χ1v) is 15.0. The van der Waals surface area contributed by atoms with Crippen LogP contribution in [0.2, 0.25) is 0 Å². The molecule has 4 atom stereocenters. The number of rotatable bonds is 15. The summed E-state index contributed by atoms with van der Waals surface area (Å²) in [4.78, 5) is 0. The van der Waals surface area contributed by atoms with Crippen LogP contribution in [0.3, 0.4) is 0 Å². The molecule has 0 aromatic heterocycles. The monoisotopic (exact) mass is 418 g/mol. The van der Waals surface area contributed by atoms with Gasteiger partial charge in [0.2, 0.25) is 0 Å². The van der Waals surface area contributed by atoms with E-state index in [2.05, 4.69) is 0 Å². The van der Waals surface area contributed by atoms with Crippen LogP contribution in [0.15, 0.2) is 0 Å². The summed E-state index contributed by atoms with van der Waals surface area (Å²) in [5.41, 5.74) is 0.